The fourth-order valence-corrected chi connectivity index (χ4v) is 5.55. The van der Waals surface area contributed by atoms with E-state index in [9.17, 15) is 9.59 Å². The van der Waals surface area contributed by atoms with Gasteiger partial charge in [-0.15, -0.1) is 0 Å². The van der Waals surface area contributed by atoms with Gasteiger partial charge in [0.25, 0.3) is 0 Å². The Labute approximate surface area is 217 Å². The average Bonchev–Trinajstić information content (AvgIpc) is 3.18. The zero-order valence-electron chi connectivity index (χ0n) is 20.8. The molecule has 2 aliphatic heterocycles. The number of carbonyl (C=O) groups excluding carboxylic acids is 2. The Hall–Kier alpha value is -2.38. The van der Waals surface area contributed by atoms with Gasteiger partial charge in [0.15, 0.2) is 0 Å². The van der Waals surface area contributed by atoms with Crippen molar-refractivity contribution in [3.05, 3.63) is 64.1 Å². The van der Waals surface area contributed by atoms with Crippen LogP contribution in [0.2, 0.25) is 0 Å². The molecule has 35 heavy (non-hydrogen) atoms. The molecule has 0 aliphatic carbocycles. The van der Waals surface area contributed by atoms with E-state index in [-0.39, 0.29) is 17.4 Å². The molecule has 7 heteroatoms. The summed E-state index contributed by atoms with van der Waals surface area (Å²) in [7, 11) is 1.66. The van der Waals surface area contributed by atoms with E-state index >= 15 is 0 Å². The number of methoxy groups -OCH3 is 1. The number of piperidine rings is 1. The Morgan fingerprint density at radius 2 is 1.71 bits per heavy atom. The minimum atomic E-state index is -0.197. The molecule has 2 amide bonds. The topological polar surface area (TPSA) is 61.9 Å². The first-order valence-corrected chi connectivity index (χ1v) is 13.4. The number of hydrogen-bond donors (Lipinski definition) is 1. The van der Waals surface area contributed by atoms with E-state index in [2.05, 4.69) is 38.3 Å². The van der Waals surface area contributed by atoms with Crippen LogP contribution < -0.4 is 10.1 Å². The lowest BCUT2D eigenvalue weighted by atomic mass is 9.77. The minimum absolute atomic E-state index is 0.0289. The third-order valence-corrected chi connectivity index (χ3v) is 8.14. The number of rotatable bonds is 9. The normalized spacial score (nSPS) is 18.6. The molecule has 2 aromatic carbocycles. The van der Waals surface area contributed by atoms with Gasteiger partial charge in [-0.2, -0.15) is 0 Å². The van der Waals surface area contributed by atoms with E-state index in [4.69, 9.17) is 4.74 Å². The van der Waals surface area contributed by atoms with Crippen LogP contribution in [0.1, 0.15) is 56.2 Å². The summed E-state index contributed by atoms with van der Waals surface area (Å²) in [4.78, 5) is 30.0. The molecule has 2 heterocycles. The van der Waals surface area contributed by atoms with Crippen molar-refractivity contribution in [1.82, 2.24) is 15.1 Å². The van der Waals surface area contributed by atoms with Gasteiger partial charge in [0, 0.05) is 30.5 Å². The highest BCUT2D eigenvalue weighted by Gasteiger charge is 2.47. The lowest BCUT2D eigenvalue weighted by Crippen LogP contribution is -2.45. The van der Waals surface area contributed by atoms with Crippen LogP contribution in [0.15, 0.2) is 53.0 Å². The highest BCUT2D eigenvalue weighted by molar-refractivity contribution is 9.10. The van der Waals surface area contributed by atoms with Crippen molar-refractivity contribution in [1.29, 1.82) is 0 Å². The molecule has 4 rings (SSSR count). The third kappa shape index (κ3) is 6.25. The predicted molar refractivity (Wildman–Crippen MR) is 141 cm³/mol. The average molecular weight is 543 g/mol. The Bertz CT molecular complexity index is 1000. The van der Waals surface area contributed by atoms with E-state index in [0.29, 0.717) is 18.9 Å². The van der Waals surface area contributed by atoms with Gasteiger partial charge in [-0.1, -0.05) is 47.1 Å². The number of likely N-dealkylation sites (tertiary alicyclic amines) is 2. The zero-order chi connectivity index (χ0) is 24.8. The summed E-state index contributed by atoms with van der Waals surface area (Å²) in [5.74, 6) is 1.20. The van der Waals surface area contributed by atoms with Crippen molar-refractivity contribution in [3.63, 3.8) is 0 Å². The summed E-state index contributed by atoms with van der Waals surface area (Å²) in [6, 6.07) is 16.2. The van der Waals surface area contributed by atoms with Crippen molar-refractivity contribution in [3.8, 4) is 5.75 Å². The second-order valence-electron chi connectivity index (χ2n) is 9.76. The molecule has 0 saturated carbocycles. The van der Waals surface area contributed by atoms with Crippen LogP contribution in [0.3, 0.4) is 0 Å². The monoisotopic (exact) mass is 541 g/mol. The van der Waals surface area contributed by atoms with E-state index in [0.717, 1.165) is 67.6 Å². The summed E-state index contributed by atoms with van der Waals surface area (Å²) in [6.45, 7) is 6.16. The molecule has 0 aromatic heterocycles. The van der Waals surface area contributed by atoms with Gasteiger partial charge in [0.1, 0.15) is 5.75 Å². The number of ether oxygens (including phenoxy) is 1. The van der Waals surface area contributed by atoms with Crippen LogP contribution >= 0.6 is 15.9 Å². The number of nitrogens with zero attached hydrogens (tertiary/aromatic N) is 2. The van der Waals surface area contributed by atoms with Crippen molar-refractivity contribution >= 4 is 27.7 Å². The van der Waals surface area contributed by atoms with E-state index < -0.39 is 0 Å². The Kier molecular flexibility index (Phi) is 8.50. The van der Waals surface area contributed by atoms with Crippen LogP contribution in [0.25, 0.3) is 0 Å². The number of benzene rings is 2. The molecule has 0 radical (unpaired) electrons. The van der Waals surface area contributed by atoms with Crippen LogP contribution in [0, 0.1) is 5.41 Å². The number of halogens is 1. The van der Waals surface area contributed by atoms with Crippen LogP contribution in [0.4, 0.5) is 0 Å². The lowest BCUT2D eigenvalue weighted by Gasteiger charge is -2.38. The fourth-order valence-electron chi connectivity index (χ4n) is 5.29. The molecule has 1 spiro atoms. The molecule has 1 unspecified atom stereocenters. The number of amides is 2. The van der Waals surface area contributed by atoms with E-state index in [1.165, 1.54) is 5.56 Å². The second-order valence-corrected chi connectivity index (χ2v) is 10.7. The van der Waals surface area contributed by atoms with Gasteiger partial charge < -0.3 is 19.9 Å². The Morgan fingerprint density at radius 1 is 1.06 bits per heavy atom. The largest absolute Gasteiger partial charge is 0.497 e. The standard InChI is InChI=1S/C28H36BrN3O3/c1-3-26(33)30-25(22-6-10-24(35-2)11-7-22)12-16-31-17-13-28(14-18-31)15-19-32(27(28)34)20-21-4-8-23(29)9-5-21/h4-11,25H,3,12-20H2,1-2H3,(H,30,33). The SMILES string of the molecule is CCC(=O)NC(CCN1CCC2(CC1)CCN(Cc1ccc(Br)cc1)C2=O)c1ccc(OC)cc1. The molecular weight excluding hydrogens is 506 g/mol. The molecule has 2 saturated heterocycles. The maximum Gasteiger partial charge on any atom is 0.229 e. The first kappa shape index (κ1) is 25.7. The molecule has 188 valence electrons. The molecular formula is C28H36BrN3O3. The fraction of sp³-hybridized carbons (Fsp3) is 0.500. The van der Waals surface area contributed by atoms with Crippen molar-refractivity contribution < 1.29 is 14.3 Å². The van der Waals surface area contributed by atoms with Gasteiger partial charge in [-0.3, -0.25) is 9.59 Å². The van der Waals surface area contributed by atoms with Crippen LogP contribution in [-0.4, -0.2) is 54.9 Å². The highest BCUT2D eigenvalue weighted by Crippen LogP contribution is 2.42. The zero-order valence-corrected chi connectivity index (χ0v) is 22.4. The summed E-state index contributed by atoms with van der Waals surface area (Å²) in [6.07, 6.45) is 4.10. The van der Waals surface area contributed by atoms with Crippen molar-refractivity contribution in [2.75, 3.05) is 33.3 Å². The van der Waals surface area contributed by atoms with Gasteiger partial charge in [0.2, 0.25) is 11.8 Å². The number of nitrogens with one attached hydrogen (secondary N) is 1. The molecule has 1 N–H and O–H groups in total. The first-order valence-electron chi connectivity index (χ1n) is 12.6. The van der Waals surface area contributed by atoms with E-state index in [1.54, 1.807) is 7.11 Å². The summed E-state index contributed by atoms with van der Waals surface area (Å²) >= 11 is 3.48. The van der Waals surface area contributed by atoms with Gasteiger partial charge in [-0.25, -0.2) is 0 Å². The second kappa shape index (κ2) is 11.6. The maximum atomic E-state index is 13.4. The van der Waals surface area contributed by atoms with Crippen molar-refractivity contribution in [2.45, 2.75) is 51.6 Å². The summed E-state index contributed by atoms with van der Waals surface area (Å²) in [5, 5.41) is 3.18. The molecule has 2 fully saturated rings. The van der Waals surface area contributed by atoms with Crippen LogP contribution in [0.5, 0.6) is 5.75 Å². The van der Waals surface area contributed by atoms with Gasteiger partial charge >= 0.3 is 0 Å². The Morgan fingerprint density at radius 3 is 2.34 bits per heavy atom. The third-order valence-electron chi connectivity index (χ3n) is 7.61. The smallest absolute Gasteiger partial charge is 0.229 e. The summed E-state index contributed by atoms with van der Waals surface area (Å²) < 4.78 is 6.33. The molecule has 6 nitrogen and oxygen atoms in total. The quantitative estimate of drug-likeness (QED) is 0.488. The number of hydrogen-bond acceptors (Lipinski definition) is 4. The van der Waals surface area contributed by atoms with E-state index in [1.807, 2.05) is 48.2 Å². The highest BCUT2D eigenvalue weighted by atomic mass is 79.9. The molecule has 2 aromatic rings. The van der Waals surface area contributed by atoms with Crippen LogP contribution in [-0.2, 0) is 16.1 Å². The van der Waals surface area contributed by atoms with Gasteiger partial charge in [0.05, 0.1) is 18.6 Å². The lowest BCUT2D eigenvalue weighted by molar-refractivity contribution is -0.139. The molecule has 0 bridgehead atoms. The Balaban J connectivity index is 1.31. The maximum absolute atomic E-state index is 13.4. The minimum Gasteiger partial charge on any atom is -0.497 e. The van der Waals surface area contributed by atoms with Crippen molar-refractivity contribution in [2.24, 2.45) is 5.41 Å². The van der Waals surface area contributed by atoms with Gasteiger partial charge in [-0.05, 0) is 74.2 Å². The first-order chi connectivity index (χ1) is 16.9. The summed E-state index contributed by atoms with van der Waals surface area (Å²) in [5.41, 5.74) is 2.07. The number of carbonyl (C=O) groups is 2. The molecule has 2 aliphatic rings. The molecule has 1 atom stereocenters. The predicted octanol–water partition coefficient (Wildman–Crippen LogP) is 4.93.